The molecular formula is C20H28N2O2. The lowest BCUT2D eigenvalue weighted by Crippen LogP contribution is -2.45. The SMILES string of the molecule is CC1CCCCN1C(=O)c1ccccc1C(=O)N1CCCCC1C. The monoisotopic (exact) mass is 328 g/mol. The largest absolute Gasteiger partial charge is 0.336 e. The van der Waals surface area contributed by atoms with Gasteiger partial charge in [0.25, 0.3) is 11.8 Å². The highest BCUT2D eigenvalue weighted by atomic mass is 16.2. The Hall–Kier alpha value is -1.84. The van der Waals surface area contributed by atoms with Crippen LogP contribution in [0.2, 0.25) is 0 Å². The van der Waals surface area contributed by atoms with E-state index in [1.54, 1.807) is 0 Å². The first-order valence-electron chi connectivity index (χ1n) is 9.30. The molecule has 0 spiro atoms. The van der Waals surface area contributed by atoms with Crippen molar-refractivity contribution in [3.8, 4) is 0 Å². The number of amides is 2. The van der Waals surface area contributed by atoms with Gasteiger partial charge in [-0.05, 0) is 64.5 Å². The number of benzene rings is 1. The van der Waals surface area contributed by atoms with E-state index in [4.69, 9.17) is 0 Å². The van der Waals surface area contributed by atoms with Gasteiger partial charge >= 0.3 is 0 Å². The predicted molar refractivity (Wildman–Crippen MR) is 95.1 cm³/mol. The van der Waals surface area contributed by atoms with Gasteiger partial charge in [0.2, 0.25) is 0 Å². The van der Waals surface area contributed by atoms with E-state index in [1.807, 2.05) is 34.1 Å². The molecule has 2 aliphatic heterocycles. The minimum absolute atomic E-state index is 0.0100. The summed E-state index contributed by atoms with van der Waals surface area (Å²) < 4.78 is 0. The average molecular weight is 328 g/mol. The molecule has 0 aliphatic carbocycles. The van der Waals surface area contributed by atoms with Crippen LogP contribution in [-0.4, -0.2) is 46.8 Å². The minimum atomic E-state index is 0.0100. The number of nitrogens with zero attached hydrogens (tertiary/aromatic N) is 2. The van der Waals surface area contributed by atoms with Crippen molar-refractivity contribution in [2.75, 3.05) is 13.1 Å². The zero-order valence-corrected chi connectivity index (χ0v) is 14.8. The fourth-order valence-corrected chi connectivity index (χ4v) is 3.97. The quantitative estimate of drug-likeness (QED) is 0.830. The van der Waals surface area contributed by atoms with Crippen LogP contribution in [0.4, 0.5) is 0 Å². The maximum absolute atomic E-state index is 13.1. The zero-order valence-electron chi connectivity index (χ0n) is 14.8. The van der Waals surface area contributed by atoms with Crippen LogP contribution >= 0.6 is 0 Å². The van der Waals surface area contributed by atoms with Crippen LogP contribution in [0.25, 0.3) is 0 Å². The first-order chi connectivity index (χ1) is 11.6. The summed E-state index contributed by atoms with van der Waals surface area (Å²) in [5.74, 6) is 0.0200. The molecule has 130 valence electrons. The van der Waals surface area contributed by atoms with Crippen molar-refractivity contribution in [3.63, 3.8) is 0 Å². The van der Waals surface area contributed by atoms with E-state index in [0.29, 0.717) is 11.1 Å². The highest BCUT2D eigenvalue weighted by Crippen LogP contribution is 2.24. The molecule has 2 aliphatic rings. The second kappa shape index (κ2) is 7.37. The molecule has 0 N–H and O–H groups in total. The number of hydrogen-bond donors (Lipinski definition) is 0. The molecule has 0 saturated carbocycles. The summed E-state index contributed by atoms with van der Waals surface area (Å²) in [7, 11) is 0. The molecule has 0 radical (unpaired) electrons. The molecule has 1 aromatic rings. The molecule has 2 fully saturated rings. The van der Waals surface area contributed by atoms with Crippen LogP contribution in [0.3, 0.4) is 0 Å². The van der Waals surface area contributed by atoms with Crippen molar-refractivity contribution in [1.29, 1.82) is 0 Å². The Morgan fingerprint density at radius 2 is 1.21 bits per heavy atom. The molecule has 2 atom stereocenters. The second-order valence-electron chi connectivity index (χ2n) is 7.23. The predicted octanol–water partition coefficient (Wildman–Crippen LogP) is 3.72. The molecular weight excluding hydrogens is 300 g/mol. The van der Waals surface area contributed by atoms with Crippen LogP contribution in [0.1, 0.15) is 73.1 Å². The van der Waals surface area contributed by atoms with E-state index < -0.39 is 0 Å². The lowest BCUT2D eigenvalue weighted by atomic mass is 9.98. The number of carbonyl (C=O) groups excluding carboxylic acids is 2. The van der Waals surface area contributed by atoms with Crippen molar-refractivity contribution in [1.82, 2.24) is 9.80 Å². The average Bonchev–Trinajstić information content (AvgIpc) is 2.61. The van der Waals surface area contributed by atoms with Crippen molar-refractivity contribution in [3.05, 3.63) is 35.4 Å². The Bertz CT molecular complexity index is 560. The third-order valence-electron chi connectivity index (χ3n) is 5.52. The van der Waals surface area contributed by atoms with Crippen LogP contribution in [0, 0.1) is 0 Å². The summed E-state index contributed by atoms with van der Waals surface area (Å²) in [5, 5.41) is 0. The molecule has 0 bridgehead atoms. The molecule has 2 heterocycles. The zero-order chi connectivity index (χ0) is 17.1. The summed E-state index contributed by atoms with van der Waals surface area (Å²) in [6, 6.07) is 7.85. The van der Waals surface area contributed by atoms with E-state index in [1.165, 1.54) is 12.8 Å². The third-order valence-corrected chi connectivity index (χ3v) is 5.52. The van der Waals surface area contributed by atoms with Gasteiger partial charge in [-0.1, -0.05) is 12.1 Å². The van der Waals surface area contributed by atoms with E-state index in [9.17, 15) is 9.59 Å². The summed E-state index contributed by atoms with van der Waals surface area (Å²) in [6.07, 6.45) is 6.55. The molecule has 2 unspecified atom stereocenters. The summed E-state index contributed by atoms with van der Waals surface area (Å²) >= 11 is 0. The van der Waals surface area contributed by atoms with Crippen LogP contribution < -0.4 is 0 Å². The van der Waals surface area contributed by atoms with Gasteiger partial charge in [0.15, 0.2) is 0 Å². The maximum Gasteiger partial charge on any atom is 0.254 e. The Labute approximate surface area is 144 Å². The van der Waals surface area contributed by atoms with Crippen molar-refractivity contribution < 1.29 is 9.59 Å². The summed E-state index contributed by atoms with van der Waals surface area (Å²) in [6.45, 7) is 5.80. The van der Waals surface area contributed by atoms with Gasteiger partial charge in [-0.25, -0.2) is 0 Å². The van der Waals surface area contributed by atoms with E-state index in [-0.39, 0.29) is 23.9 Å². The molecule has 3 rings (SSSR count). The number of carbonyl (C=O) groups is 2. The summed E-state index contributed by atoms with van der Waals surface area (Å²) in [4.78, 5) is 30.0. The third kappa shape index (κ3) is 3.33. The highest BCUT2D eigenvalue weighted by Gasteiger charge is 2.30. The van der Waals surface area contributed by atoms with Gasteiger partial charge in [0.05, 0.1) is 11.1 Å². The minimum Gasteiger partial charge on any atom is -0.336 e. The van der Waals surface area contributed by atoms with Crippen LogP contribution in [-0.2, 0) is 0 Å². The van der Waals surface area contributed by atoms with E-state index >= 15 is 0 Å². The molecule has 4 nitrogen and oxygen atoms in total. The highest BCUT2D eigenvalue weighted by molar-refractivity contribution is 6.07. The van der Waals surface area contributed by atoms with Gasteiger partial charge in [-0.3, -0.25) is 9.59 Å². The normalized spacial score (nSPS) is 24.8. The van der Waals surface area contributed by atoms with Gasteiger partial charge < -0.3 is 9.80 Å². The number of likely N-dealkylation sites (tertiary alicyclic amines) is 2. The number of hydrogen-bond acceptors (Lipinski definition) is 2. The van der Waals surface area contributed by atoms with Crippen molar-refractivity contribution in [2.45, 2.75) is 64.5 Å². The van der Waals surface area contributed by atoms with Crippen molar-refractivity contribution in [2.24, 2.45) is 0 Å². The van der Waals surface area contributed by atoms with Gasteiger partial charge in [-0.15, -0.1) is 0 Å². The van der Waals surface area contributed by atoms with Gasteiger partial charge in [-0.2, -0.15) is 0 Å². The fraction of sp³-hybridized carbons (Fsp3) is 0.600. The standard InChI is InChI=1S/C20H28N2O2/c1-15-9-5-7-13-21(15)19(23)17-11-3-4-12-18(17)20(24)22-14-8-6-10-16(22)2/h3-4,11-12,15-16H,5-10,13-14H2,1-2H3. The van der Waals surface area contributed by atoms with E-state index in [2.05, 4.69) is 13.8 Å². The van der Waals surface area contributed by atoms with E-state index in [0.717, 1.165) is 38.8 Å². The molecule has 1 aromatic carbocycles. The smallest absolute Gasteiger partial charge is 0.254 e. The molecule has 24 heavy (non-hydrogen) atoms. The van der Waals surface area contributed by atoms with Gasteiger partial charge in [0.1, 0.15) is 0 Å². The molecule has 4 heteroatoms. The van der Waals surface area contributed by atoms with Gasteiger partial charge in [0, 0.05) is 25.2 Å². The topological polar surface area (TPSA) is 40.6 Å². The lowest BCUT2D eigenvalue weighted by Gasteiger charge is -2.35. The lowest BCUT2D eigenvalue weighted by molar-refractivity contribution is 0.0594. The molecule has 0 aromatic heterocycles. The van der Waals surface area contributed by atoms with Crippen molar-refractivity contribution >= 4 is 11.8 Å². The second-order valence-corrected chi connectivity index (χ2v) is 7.23. The fourth-order valence-electron chi connectivity index (χ4n) is 3.97. The summed E-state index contributed by atoms with van der Waals surface area (Å²) in [5.41, 5.74) is 1.13. The first kappa shape index (κ1) is 17.0. The maximum atomic E-state index is 13.1. The van der Waals surface area contributed by atoms with Crippen LogP contribution in [0.5, 0.6) is 0 Å². The first-order valence-corrected chi connectivity index (χ1v) is 9.30. The Morgan fingerprint density at radius 3 is 1.58 bits per heavy atom. The molecule has 2 amide bonds. The Balaban J connectivity index is 1.87. The number of piperidine rings is 2. The Kier molecular flexibility index (Phi) is 5.22. The Morgan fingerprint density at radius 1 is 0.792 bits per heavy atom. The number of rotatable bonds is 2. The van der Waals surface area contributed by atoms with Crippen LogP contribution in [0.15, 0.2) is 24.3 Å². The molecule has 2 saturated heterocycles.